The van der Waals surface area contributed by atoms with Gasteiger partial charge in [-0.3, -0.25) is 14.5 Å². The number of hydrogen-bond donors (Lipinski definition) is 2. The number of carbonyl (C=O) groups is 2. The van der Waals surface area contributed by atoms with Gasteiger partial charge in [0.2, 0.25) is 0 Å². The van der Waals surface area contributed by atoms with E-state index in [0.717, 1.165) is 12.0 Å². The average molecular weight is 336 g/mol. The van der Waals surface area contributed by atoms with E-state index in [1.807, 2.05) is 31.2 Å². The van der Waals surface area contributed by atoms with Crippen molar-refractivity contribution in [2.45, 2.75) is 25.5 Å². The summed E-state index contributed by atoms with van der Waals surface area (Å²) in [6.07, 6.45) is 0.0516. The van der Waals surface area contributed by atoms with Gasteiger partial charge >= 0.3 is 5.97 Å². The molecule has 0 bridgehead atoms. The molecule has 7 nitrogen and oxygen atoms in total. The highest BCUT2D eigenvalue weighted by Crippen LogP contribution is 2.19. The number of aliphatic hydroxyl groups is 1. The number of carbonyl (C=O) groups excluding carboxylic acids is 1. The molecule has 1 fully saturated rings. The van der Waals surface area contributed by atoms with Gasteiger partial charge in [0.25, 0.3) is 5.91 Å². The predicted octanol–water partition coefficient (Wildman–Crippen LogP) is 0.216. The number of para-hydroxylation sites is 1. The smallest absolute Gasteiger partial charge is 0.317 e. The number of carboxylic acid groups (broad SMARTS) is 1. The molecule has 0 aliphatic carbocycles. The maximum Gasteiger partial charge on any atom is 0.317 e. The first kappa shape index (κ1) is 18.2. The highest BCUT2D eigenvalue weighted by Gasteiger charge is 2.36. The second-order valence-electron chi connectivity index (χ2n) is 5.99. The summed E-state index contributed by atoms with van der Waals surface area (Å²) in [5.41, 5.74) is 1.03. The van der Waals surface area contributed by atoms with Crippen LogP contribution in [0.3, 0.4) is 0 Å². The zero-order chi connectivity index (χ0) is 17.7. The van der Waals surface area contributed by atoms with Crippen LogP contribution >= 0.6 is 0 Å². The zero-order valence-electron chi connectivity index (χ0n) is 14.0. The molecule has 1 aliphatic rings. The Morgan fingerprint density at radius 3 is 2.71 bits per heavy atom. The van der Waals surface area contributed by atoms with Crippen molar-refractivity contribution in [2.24, 2.45) is 0 Å². The number of aliphatic carboxylic acids is 1. The molecule has 0 radical (unpaired) electrons. The number of aryl methyl sites for hydroxylation is 1. The predicted molar refractivity (Wildman–Crippen MR) is 88.0 cm³/mol. The topological polar surface area (TPSA) is 90.3 Å². The number of rotatable bonds is 7. The van der Waals surface area contributed by atoms with Crippen molar-refractivity contribution >= 4 is 11.9 Å². The van der Waals surface area contributed by atoms with E-state index < -0.39 is 12.1 Å². The number of amides is 1. The van der Waals surface area contributed by atoms with E-state index in [1.54, 1.807) is 11.9 Å². The number of benzene rings is 1. The molecule has 1 saturated heterocycles. The zero-order valence-corrected chi connectivity index (χ0v) is 14.0. The number of β-amino-alcohol motifs (C(OH)–C–C–N with tert-alkyl or cyclic N) is 1. The van der Waals surface area contributed by atoms with Gasteiger partial charge in [0.05, 0.1) is 18.7 Å². The minimum absolute atomic E-state index is 0.0981. The normalized spacial score (nSPS) is 20.4. The molecule has 1 heterocycles. The number of likely N-dealkylation sites (tertiary alicyclic amines) is 1. The van der Waals surface area contributed by atoms with Crippen molar-refractivity contribution in [1.29, 1.82) is 0 Å². The largest absolute Gasteiger partial charge is 0.483 e. The second-order valence-corrected chi connectivity index (χ2v) is 5.99. The molecule has 7 heteroatoms. The molecule has 0 aromatic heterocycles. The standard InChI is InChI=1S/C17H24N2O5/c1-3-12-6-4-5-7-15(12)24-11-16(21)19-8-13(14(20)9-19)18(2)10-17(22)23/h4-7,13-14,20H,3,8-11H2,1-2H3,(H,22,23)/t13?,14-/m1/s1. The summed E-state index contributed by atoms with van der Waals surface area (Å²) < 4.78 is 5.62. The van der Waals surface area contributed by atoms with Gasteiger partial charge in [-0.2, -0.15) is 0 Å². The first-order valence-corrected chi connectivity index (χ1v) is 8.01. The molecule has 2 atom stereocenters. The fourth-order valence-corrected chi connectivity index (χ4v) is 2.90. The lowest BCUT2D eigenvalue weighted by atomic mass is 10.1. The lowest BCUT2D eigenvalue weighted by Gasteiger charge is -2.24. The SMILES string of the molecule is CCc1ccccc1OCC(=O)N1CC(N(C)CC(=O)O)[C@H](O)C1. The Morgan fingerprint density at radius 1 is 1.33 bits per heavy atom. The van der Waals surface area contributed by atoms with Crippen molar-refractivity contribution in [3.63, 3.8) is 0 Å². The molecule has 1 amide bonds. The van der Waals surface area contributed by atoms with Crippen LogP contribution in [0.4, 0.5) is 0 Å². The van der Waals surface area contributed by atoms with E-state index >= 15 is 0 Å². The molecular formula is C17H24N2O5. The Bertz CT molecular complexity index is 592. The summed E-state index contributed by atoms with van der Waals surface area (Å²) >= 11 is 0. The van der Waals surface area contributed by atoms with Crippen molar-refractivity contribution in [3.05, 3.63) is 29.8 Å². The van der Waals surface area contributed by atoms with E-state index in [4.69, 9.17) is 9.84 Å². The van der Waals surface area contributed by atoms with Gasteiger partial charge < -0.3 is 19.8 Å². The first-order chi connectivity index (χ1) is 11.4. The Morgan fingerprint density at radius 2 is 2.04 bits per heavy atom. The van der Waals surface area contributed by atoms with Crippen LogP contribution in [-0.2, 0) is 16.0 Å². The monoisotopic (exact) mass is 336 g/mol. The van der Waals surface area contributed by atoms with Crippen molar-refractivity contribution in [3.8, 4) is 5.75 Å². The number of carboxylic acids is 1. The summed E-state index contributed by atoms with van der Waals surface area (Å²) in [4.78, 5) is 26.2. The maximum atomic E-state index is 12.3. The fourth-order valence-electron chi connectivity index (χ4n) is 2.90. The molecule has 0 spiro atoms. The summed E-state index contributed by atoms with van der Waals surface area (Å²) in [5, 5.41) is 18.9. The molecule has 0 saturated carbocycles. The third-order valence-corrected chi connectivity index (χ3v) is 4.27. The van der Waals surface area contributed by atoms with Gasteiger partial charge in [-0.05, 0) is 25.1 Å². The Labute approximate surface area is 141 Å². The van der Waals surface area contributed by atoms with Crippen molar-refractivity contribution < 1.29 is 24.5 Å². The van der Waals surface area contributed by atoms with Crippen LogP contribution in [0.2, 0.25) is 0 Å². The van der Waals surface area contributed by atoms with Crippen LogP contribution in [0, 0.1) is 0 Å². The van der Waals surface area contributed by atoms with E-state index in [0.29, 0.717) is 12.3 Å². The quantitative estimate of drug-likeness (QED) is 0.740. The molecule has 24 heavy (non-hydrogen) atoms. The van der Waals surface area contributed by atoms with Gasteiger partial charge in [-0.1, -0.05) is 25.1 Å². The van der Waals surface area contributed by atoms with Crippen LogP contribution in [0.5, 0.6) is 5.75 Å². The fraction of sp³-hybridized carbons (Fsp3) is 0.529. The Hall–Kier alpha value is -2.12. The van der Waals surface area contributed by atoms with Gasteiger partial charge in [0.1, 0.15) is 5.75 Å². The van der Waals surface area contributed by atoms with E-state index in [1.165, 1.54) is 4.90 Å². The number of hydrogen-bond acceptors (Lipinski definition) is 5. The third-order valence-electron chi connectivity index (χ3n) is 4.27. The van der Waals surface area contributed by atoms with Crippen LogP contribution < -0.4 is 4.74 Å². The number of ether oxygens (including phenoxy) is 1. The van der Waals surface area contributed by atoms with Crippen molar-refractivity contribution in [1.82, 2.24) is 9.80 Å². The minimum Gasteiger partial charge on any atom is -0.483 e. The molecule has 132 valence electrons. The second kappa shape index (κ2) is 8.12. The summed E-state index contributed by atoms with van der Waals surface area (Å²) in [6.45, 7) is 2.22. The highest BCUT2D eigenvalue weighted by atomic mass is 16.5. The lowest BCUT2D eigenvalue weighted by Crippen LogP contribution is -2.43. The van der Waals surface area contributed by atoms with E-state index in [-0.39, 0.29) is 31.6 Å². The maximum absolute atomic E-state index is 12.3. The molecule has 1 aromatic rings. The number of nitrogens with zero attached hydrogens (tertiary/aromatic N) is 2. The summed E-state index contributed by atoms with van der Waals surface area (Å²) in [7, 11) is 1.63. The Kier molecular flexibility index (Phi) is 6.16. The molecule has 1 aliphatic heterocycles. The first-order valence-electron chi connectivity index (χ1n) is 8.01. The third kappa shape index (κ3) is 4.46. The van der Waals surface area contributed by atoms with Crippen LogP contribution in [0.25, 0.3) is 0 Å². The Balaban J connectivity index is 1.90. The summed E-state index contributed by atoms with van der Waals surface area (Å²) in [6, 6.07) is 7.18. The molecule has 2 N–H and O–H groups in total. The van der Waals surface area contributed by atoms with Crippen LogP contribution in [0.1, 0.15) is 12.5 Å². The van der Waals surface area contributed by atoms with E-state index in [9.17, 15) is 14.7 Å². The number of aliphatic hydroxyl groups excluding tert-OH is 1. The highest BCUT2D eigenvalue weighted by molar-refractivity contribution is 5.78. The van der Waals surface area contributed by atoms with Gasteiger partial charge in [-0.15, -0.1) is 0 Å². The molecular weight excluding hydrogens is 312 g/mol. The molecule has 2 rings (SSSR count). The van der Waals surface area contributed by atoms with Gasteiger partial charge in [0, 0.05) is 13.1 Å². The van der Waals surface area contributed by atoms with Gasteiger partial charge in [-0.25, -0.2) is 0 Å². The van der Waals surface area contributed by atoms with Crippen LogP contribution in [0.15, 0.2) is 24.3 Å². The minimum atomic E-state index is -0.964. The molecule has 1 unspecified atom stereocenters. The molecule has 1 aromatic carbocycles. The van der Waals surface area contributed by atoms with Gasteiger partial charge in [0.15, 0.2) is 6.61 Å². The van der Waals surface area contributed by atoms with Crippen molar-refractivity contribution in [2.75, 3.05) is 33.3 Å². The summed E-state index contributed by atoms with van der Waals surface area (Å²) in [5.74, 6) is -0.493. The van der Waals surface area contributed by atoms with Crippen LogP contribution in [-0.4, -0.2) is 77.3 Å². The average Bonchev–Trinajstić information content (AvgIpc) is 2.94. The van der Waals surface area contributed by atoms with E-state index in [2.05, 4.69) is 0 Å². The lowest BCUT2D eigenvalue weighted by molar-refractivity contribution is -0.138. The number of likely N-dealkylation sites (N-methyl/N-ethyl adjacent to an activating group) is 1.